The molecule has 0 heterocycles. The third-order valence-electron chi connectivity index (χ3n) is 3.11. The van der Waals surface area contributed by atoms with Gasteiger partial charge in [-0.15, -0.1) is 0 Å². The molecule has 0 aliphatic carbocycles. The standard InChI is InChI=1S/C16H18FNO/c1-3-18(14-8-6-7-13(17)11-14)16-10-5-4-9-15(16)12(2)19/h4-12,19H,3H2,1-2H3/t12-/m0/s1. The van der Waals surface area contributed by atoms with Crippen LogP contribution in [0.25, 0.3) is 0 Å². The SMILES string of the molecule is CCN(c1cccc(F)c1)c1ccccc1[C@H](C)O. The van der Waals surface area contributed by atoms with E-state index in [1.807, 2.05) is 42.2 Å². The van der Waals surface area contributed by atoms with Gasteiger partial charge in [-0.25, -0.2) is 4.39 Å². The van der Waals surface area contributed by atoms with Gasteiger partial charge in [-0.2, -0.15) is 0 Å². The Balaban J connectivity index is 2.48. The van der Waals surface area contributed by atoms with Crippen LogP contribution in [0.4, 0.5) is 15.8 Å². The number of hydrogen-bond donors (Lipinski definition) is 1. The van der Waals surface area contributed by atoms with Crippen molar-refractivity contribution in [3.8, 4) is 0 Å². The molecule has 0 spiro atoms. The molecule has 2 aromatic rings. The van der Waals surface area contributed by atoms with E-state index in [1.54, 1.807) is 13.0 Å². The van der Waals surface area contributed by atoms with Crippen LogP contribution in [0.5, 0.6) is 0 Å². The number of halogens is 1. The molecule has 2 aromatic carbocycles. The lowest BCUT2D eigenvalue weighted by Crippen LogP contribution is -2.18. The van der Waals surface area contributed by atoms with Crippen molar-refractivity contribution in [3.05, 3.63) is 59.9 Å². The Hall–Kier alpha value is -1.87. The van der Waals surface area contributed by atoms with Crippen molar-refractivity contribution in [1.29, 1.82) is 0 Å². The fraction of sp³-hybridized carbons (Fsp3) is 0.250. The van der Waals surface area contributed by atoms with Crippen molar-refractivity contribution < 1.29 is 9.50 Å². The van der Waals surface area contributed by atoms with Crippen LogP contribution in [0.15, 0.2) is 48.5 Å². The van der Waals surface area contributed by atoms with Gasteiger partial charge in [0.2, 0.25) is 0 Å². The zero-order chi connectivity index (χ0) is 13.8. The van der Waals surface area contributed by atoms with Crippen LogP contribution in [-0.2, 0) is 0 Å². The van der Waals surface area contributed by atoms with Crippen molar-refractivity contribution in [3.63, 3.8) is 0 Å². The predicted molar refractivity (Wildman–Crippen MR) is 76.2 cm³/mol. The molecule has 0 aliphatic rings. The lowest BCUT2D eigenvalue weighted by Gasteiger charge is -2.26. The molecule has 0 aliphatic heterocycles. The van der Waals surface area contributed by atoms with E-state index in [-0.39, 0.29) is 5.82 Å². The lowest BCUT2D eigenvalue weighted by molar-refractivity contribution is 0.200. The summed E-state index contributed by atoms with van der Waals surface area (Å²) in [4.78, 5) is 1.99. The molecule has 1 atom stereocenters. The van der Waals surface area contributed by atoms with Crippen LogP contribution in [-0.4, -0.2) is 11.7 Å². The number of benzene rings is 2. The molecule has 100 valence electrons. The highest BCUT2D eigenvalue weighted by Gasteiger charge is 2.14. The summed E-state index contributed by atoms with van der Waals surface area (Å²) in [5.74, 6) is -0.259. The zero-order valence-corrected chi connectivity index (χ0v) is 11.2. The molecule has 19 heavy (non-hydrogen) atoms. The Bertz CT molecular complexity index is 554. The van der Waals surface area contributed by atoms with Gasteiger partial charge in [-0.05, 0) is 38.1 Å². The molecule has 2 nitrogen and oxygen atoms in total. The molecule has 1 N–H and O–H groups in total. The number of para-hydroxylation sites is 1. The van der Waals surface area contributed by atoms with E-state index in [0.717, 1.165) is 16.9 Å². The maximum Gasteiger partial charge on any atom is 0.125 e. The fourth-order valence-corrected chi connectivity index (χ4v) is 2.22. The summed E-state index contributed by atoms with van der Waals surface area (Å²) in [7, 11) is 0. The maximum atomic E-state index is 13.4. The molecule has 0 saturated heterocycles. The Morgan fingerprint density at radius 3 is 2.53 bits per heavy atom. The minimum absolute atomic E-state index is 0.259. The predicted octanol–water partition coefficient (Wildman–Crippen LogP) is 4.04. The molecule has 3 heteroatoms. The molecule has 0 bridgehead atoms. The number of aliphatic hydroxyl groups excluding tert-OH is 1. The lowest BCUT2D eigenvalue weighted by atomic mass is 10.1. The first-order valence-electron chi connectivity index (χ1n) is 6.43. The van der Waals surface area contributed by atoms with Crippen LogP contribution in [0.2, 0.25) is 0 Å². The minimum atomic E-state index is -0.557. The van der Waals surface area contributed by atoms with E-state index in [2.05, 4.69) is 0 Å². The molecular weight excluding hydrogens is 241 g/mol. The molecular formula is C16H18FNO. The molecule has 0 saturated carbocycles. The van der Waals surface area contributed by atoms with Gasteiger partial charge in [0, 0.05) is 23.5 Å². The van der Waals surface area contributed by atoms with E-state index < -0.39 is 6.10 Å². The first-order chi connectivity index (χ1) is 9.13. The highest BCUT2D eigenvalue weighted by molar-refractivity contribution is 5.66. The molecule has 0 amide bonds. The summed E-state index contributed by atoms with van der Waals surface area (Å²) in [6.45, 7) is 4.44. The van der Waals surface area contributed by atoms with E-state index in [9.17, 15) is 9.50 Å². The van der Waals surface area contributed by atoms with Crippen molar-refractivity contribution in [2.45, 2.75) is 20.0 Å². The Kier molecular flexibility index (Phi) is 4.17. The highest BCUT2D eigenvalue weighted by Crippen LogP contribution is 2.31. The molecule has 0 fully saturated rings. The topological polar surface area (TPSA) is 23.5 Å². The smallest absolute Gasteiger partial charge is 0.125 e. The van der Waals surface area contributed by atoms with Gasteiger partial charge in [0.05, 0.1) is 6.10 Å². The maximum absolute atomic E-state index is 13.4. The second-order valence-electron chi connectivity index (χ2n) is 4.46. The third-order valence-corrected chi connectivity index (χ3v) is 3.11. The van der Waals surface area contributed by atoms with Gasteiger partial charge < -0.3 is 10.0 Å². The molecule has 0 aromatic heterocycles. The van der Waals surface area contributed by atoms with Gasteiger partial charge in [0.25, 0.3) is 0 Å². The van der Waals surface area contributed by atoms with Crippen molar-refractivity contribution >= 4 is 11.4 Å². The Labute approximate surface area is 113 Å². The average Bonchev–Trinajstić information content (AvgIpc) is 2.40. The van der Waals surface area contributed by atoms with Crippen molar-refractivity contribution in [2.24, 2.45) is 0 Å². The van der Waals surface area contributed by atoms with E-state index in [1.165, 1.54) is 12.1 Å². The number of nitrogens with zero attached hydrogens (tertiary/aromatic N) is 1. The Morgan fingerprint density at radius 1 is 1.16 bits per heavy atom. The highest BCUT2D eigenvalue weighted by atomic mass is 19.1. The van der Waals surface area contributed by atoms with E-state index in [4.69, 9.17) is 0 Å². The second kappa shape index (κ2) is 5.85. The van der Waals surface area contributed by atoms with Crippen molar-refractivity contribution in [1.82, 2.24) is 0 Å². The monoisotopic (exact) mass is 259 g/mol. The third kappa shape index (κ3) is 2.93. The number of rotatable bonds is 4. The summed E-state index contributed by atoms with van der Waals surface area (Å²) >= 11 is 0. The number of hydrogen-bond acceptors (Lipinski definition) is 2. The summed E-state index contributed by atoms with van der Waals surface area (Å²) in [6.07, 6.45) is -0.557. The Morgan fingerprint density at radius 2 is 1.89 bits per heavy atom. The van der Waals surface area contributed by atoms with Crippen LogP contribution >= 0.6 is 0 Å². The molecule has 0 radical (unpaired) electrons. The van der Waals surface area contributed by atoms with E-state index in [0.29, 0.717) is 6.54 Å². The van der Waals surface area contributed by atoms with Gasteiger partial charge in [0.15, 0.2) is 0 Å². The molecule has 2 rings (SSSR count). The van der Waals surface area contributed by atoms with Crippen molar-refractivity contribution in [2.75, 3.05) is 11.4 Å². The van der Waals surface area contributed by atoms with E-state index >= 15 is 0 Å². The quantitative estimate of drug-likeness (QED) is 0.895. The fourth-order valence-electron chi connectivity index (χ4n) is 2.22. The molecule has 0 unspecified atom stereocenters. The van der Waals surface area contributed by atoms with Gasteiger partial charge in [-0.1, -0.05) is 24.3 Å². The average molecular weight is 259 g/mol. The van der Waals surface area contributed by atoms with Gasteiger partial charge in [0.1, 0.15) is 5.82 Å². The van der Waals surface area contributed by atoms with Crippen LogP contribution < -0.4 is 4.90 Å². The largest absolute Gasteiger partial charge is 0.389 e. The summed E-state index contributed by atoms with van der Waals surface area (Å²) in [5, 5.41) is 9.85. The van der Waals surface area contributed by atoms with Crippen LogP contribution in [0.1, 0.15) is 25.5 Å². The van der Waals surface area contributed by atoms with Gasteiger partial charge in [-0.3, -0.25) is 0 Å². The summed E-state index contributed by atoms with van der Waals surface area (Å²) < 4.78 is 13.4. The zero-order valence-electron chi connectivity index (χ0n) is 11.2. The second-order valence-corrected chi connectivity index (χ2v) is 4.46. The summed E-state index contributed by atoms with van der Waals surface area (Å²) in [5.41, 5.74) is 2.54. The first-order valence-corrected chi connectivity index (χ1v) is 6.43. The number of aliphatic hydroxyl groups is 1. The van der Waals surface area contributed by atoms with Crippen LogP contribution in [0.3, 0.4) is 0 Å². The first kappa shape index (κ1) is 13.6. The van der Waals surface area contributed by atoms with Gasteiger partial charge >= 0.3 is 0 Å². The minimum Gasteiger partial charge on any atom is -0.389 e. The normalized spacial score (nSPS) is 12.2. The van der Waals surface area contributed by atoms with Crippen LogP contribution in [0, 0.1) is 5.82 Å². The number of anilines is 2. The summed E-state index contributed by atoms with van der Waals surface area (Å²) in [6, 6.07) is 14.1.